The second-order valence-corrected chi connectivity index (χ2v) is 11.3. The van der Waals surface area contributed by atoms with Gasteiger partial charge in [-0.25, -0.2) is 13.3 Å². The van der Waals surface area contributed by atoms with E-state index in [-0.39, 0.29) is 53.3 Å². The number of nitrogens with two attached hydrogens (primary N) is 2. The molecule has 2 aromatic rings. The van der Waals surface area contributed by atoms with E-state index in [4.69, 9.17) is 11.5 Å². The number of nitrogens with zero attached hydrogens (tertiary/aromatic N) is 5. The van der Waals surface area contributed by atoms with Crippen LogP contribution in [0, 0.1) is 5.92 Å². The van der Waals surface area contributed by atoms with Gasteiger partial charge in [0.25, 0.3) is 10.0 Å². The second kappa shape index (κ2) is 8.60. The van der Waals surface area contributed by atoms with Gasteiger partial charge in [0.15, 0.2) is 9.92 Å². The first-order valence-electron chi connectivity index (χ1n) is 9.86. The van der Waals surface area contributed by atoms with Crippen LogP contribution in [0.15, 0.2) is 25.7 Å². The molecule has 16 heteroatoms. The van der Waals surface area contributed by atoms with Crippen LogP contribution in [0.5, 0.6) is 0 Å². The summed E-state index contributed by atoms with van der Waals surface area (Å²) in [6.45, 7) is 0.298. The molecule has 4 rings (SSSR count). The van der Waals surface area contributed by atoms with Crippen LogP contribution in [-0.2, 0) is 19.9 Å². The molecule has 1 unspecified atom stereocenters. The van der Waals surface area contributed by atoms with Crippen LogP contribution in [0.25, 0.3) is 11.4 Å². The van der Waals surface area contributed by atoms with E-state index in [1.165, 1.54) is 12.1 Å². The summed E-state index contributed by atoms with van der Waals surface area (Å²) in [4.78, 5) is 1.25. The highest BCUT2D eigenvalue weighted by Gasteiger charge is 2.41. The number of sulfonamides is 1. The smallest absolute Gasteiger partial charge is 0.293 e. The molecule has 176 valence electrons. The first-order chi connectivity index (χ1) is 15.2. The lowest BCUT2D eigenvalue weighted by atomic mass is 9.94. The first-order valence-corrected chi connectivity index (χ1v) is 12.8. The number of aliphatic hydroxyl groups is 1. The zero-order chi connectivity index (χ0) is 23.1. The lowest BCUT2D eigenvalue weighted by Gasteiger charge is -2.36. The predicted octanol–water partition coefficient (Wildman–Crippen LogP) is -1.66. The fourth-order valence-electron chi connectivity index (χ4n) is 3.82. The Hall–Kier alpha value is -2.24. The third-order valence-electron chi connectivity index (χ3n) is 5.53. The highest BCUT2D eigenvalue weighted by molar-refractivity contribution is 8.05. The number of benzene rings is 1. The third-order valence-corrected chi connectivity index (χ3v) is 9.72. The van der Waals surface area contributed by atoms with Crippen LogP contribution in [0.2, 0.25) is 0 Å². The molecule has 2 aliphatic rings. The summed E-state index contributed by atoms with van der Waals surface area (Å²) in [5.41, 5.74) is 11.4. The number of anilines is 1. The summed E-state index contributed by atoms with van der Waals surface area (Å²) in [6.07, 6.45) is -1.77. The highest BCUT2D eigenvalue weighted by atomic mass is 32.3. The third kappa shape index (κ3) is 3.97. The molecule has 3 heterocycles. The Kier molecular flexibility index (Phi) is 6.17. The number of aromatic nitrogens is 4. The van der Waals surface area contributed by atoms with Gasteiger partial charge in [0.1, 0.15) is 11.1 Å². The molecule has 1 aromatic heterocycles. The van der Waals surface area contributed by atoms with Crippen LogP contribution >= 0.6 is 0 Å². The number of alkyl halides is 1. The number of hydrogen-bond donors (Lipinski definition) is 5. The quantitative estimate of drug-likeness (QED) is 0.299. The molecule has 1 aromatic carbocycles. The molecule has 0 spiro atoms. The van der Waals surface area contributed by atoms with Crippen molar-refractivity contribution in [2.75, 3.05) is 37.6 Å². The Morgan fingerprint density at radius 3 is 2.75 bits per heavy atom. The summed E-state index contributed by atoms with van der Waals surface area (Å²) in [6, 6.07) is 2.91. The molecular weight excluding hydrogens is 465 g/mol. The van der Waals surface area contributed by atoms with Gasteiger partial charge in [-0.15, -0.1) is 10.2 Å². The number of hydrogen-bond acceptors (Lipinski definition) is 10. The van der Waals surface area contributed by atoms with Crippen LogP contribution in [0.3, 0.4) is 0 Å². The molecule has 0 saturated carbocycles. The maximum Gasteiger partial charge on any atom is 0.293 e. The van der Waals surface area contributed by atoms with Gasteiger partial charge in [0.2, 0.25) is 5.82 Å². The SMILES string of the molecule is NC[C@@H](O)CNS1(=O)=NS(=O)(=O)c2c1ccc(N1CC[C@@H](CN)[C@@H](F)C1)c2-c1nn[nH]n1. The lowest BCUT2D eigenvalue weighted by Crippen LogP contribution is -2.44. The van der Waals surface area contributed by atoms with Crippen molar-refractivity contribution in [2.24, 2.45) is 21.2 Å². The van der Waals surface area contributed by atoms with E-state index >= 15 is 0 Å². The van der Waals surface area contributed by atoms with Crippen molar-refractivity contribution in [3.05, 3.63) is 12.1 Å². The van der Waals surface area contributed by atoms with E-state index in [0.717, 1.165) is 0 Å². The van der Waals surface area contributed by atoms with E-state index in [9.17, 15) is 22.1 Å². The predicted molar refractivity (Wildman–Crippen MR) is 113 cm³/mol. The number of nitrogens with one attached hydrogen (secondary N) is 2. The van der Waals surface area contributed by atoms with Crippen molar-refractivity contribution in [3.8, 4) is 11.4 Å². The molecule has 1 saturated heterocycles. The van der Waals surface area contributed by atoms with Crippen molar-refractivity contribution in [1.82, 2.24) is 25.3 Å². The normalized spacial score (nSPS) is 27.7. The Bertz CT molecular complexity index is 1210. The number of piperidine rings is 1. The van der Waals surface area contributed by atoms with Crippen molar-refractivity contribution < 1.29 is 22.1 Å². The van der Waals surface area contributed by atoms with Gasteiger partial charge < -0.3 is 21.5 Å². The van der Waals surface area contributed by atoms with Crippen LogP contribution in [-0.4, -0.2) is 83.4 Å². The van der Waals surface area contributed by atoms with E-state index < -0.39 is 32.2 Å². The average Bonchev–Trinajstić information content (AvgIpc) is 3.37. The molecule has 7 N–H and O–H groups in total. The van der Waals surface area contributed by atoms with Gasteiger partial charge in [0.05, 0.1) is 16.6 Å². The maximum absolute atomic E-state index is 14.6. The Balaban J connectivity index is 1.85. The minimum Gasteiger partial charge on any atom is -0.390 e. The first kappa shape index (κ1) is 22.9. The topological polar surface area (TPSA) is 206 Å². The van der Waals surface area contributed by atoms with E-state index in [1.54, 1.807) is 4.90 Å². The van der Waals surface area contributed by atoms with Crippen molar-refractivity contribution in [2.45, 2.75) is 28.5 Å². The number of tetrazole rings is 1. The molecule has 2 aliphatic heterocycles. The van der Waals surface area contributed by atoms with Crippen molar-refractivity contribution >= 4 is 25.6 Å². The monoisotopic (exact) mass is 489 g/mol. The van der Waals surface area contributed by atoms with E-state index in [1.807, 2.05) is 0 Å². The molecular formula is C16H24FN9O4S2. The number of rotatable bonds is 7. The minimum atomic E-state index is -4.40. The molecule has 0 aliphatic carbocycles. The Morgan fingerprint density at radius 1 is 1.34 bits per heavy atom. The van der Waals surface area contributed by atoms with Gasteiger partial charge >= 0.3 is 0 Å². The molecule has 0 bridgehead atoms. The largest absolute Gasteiger partial charge is 0.390 e. The average molecular weight is 490 g/mol. The highest BCUT2D eigenvalue weighted by Crippen LogP contribution is 2.44. The van der Waals surface area contributed by atoms with Gasteiger partial charge in [0, 0.05) is 37.8 Å². The second-order valence-electron chi connectivity index (χ2n) is 7.58. The van der Waals surface area contributed by atoms with Crippen molar-refractivity contribution in [3.63, 3.8) is 0 Å². The van der Waals surface area contributed by atoms with Gasteiger partial charge in [-0.3, -0.25) is 0 Å². The number of fused-ring (bicyclic) bond motifs is 1. The standard InChI is InChI=1S/C16H24FN9O4S2/c17-11-8-26(4-3-9(11)5-18)12-1-2-13-15(14(12)16-21-23-24-22-16)32(29,30)25-31(13,28)20-7-10(27)6-19/h1-2,9-11,27H,3-8,18-19H2,(H,20,25,28)(H,21,22,23,24)/t9-,10+,11-,31?/m0/s1. The molecule has 4 atom stereocenters. The summed E-state index contributed by atoms with van der Waals surface area (Å²) in [5.74, 6) is -0.345. The Labute approximate surface area is 184 Å². The number of aromatic amines is 1. The van der Waals surface area contributed by atoms with Gasteiger partial charge in [-0.1, -0.05) is 3.77 Å². The molecule has 0 amide bonds. The molecule has 1 fully saturated rings. The van der Waals surface area contributed by atoms with Crippen LogP contribution in [0.4, 0.5) is 10.1 Å². The summed E-state index contributed by atoms with van der Waals surface area (Å²) >= 11 is 0. The van der Waals surface area contributed by atoms with Gasteiger partial charge in [-0.05, 0) is 30.3 Å². The van der Waals surface area contributed by atoms with E-state index in [2.05, 4.69) is 29.1 Å². The summed E-state index contributed by atoms with van der Waals surface area (Å²) in [5, 5.41) is 23.3. The summed E-state index contributed by atoms with van der Waals surface area (Å²) < 4.78 is 60.2. The van der Waals surface area contributed by atoms with Crippen LogP contribution in [0.1, 0.15) is 6.42 Å². The fraction of sp³-hybridized carbons (Fsp3) is 0.562. The lowest BCUT2D eigenvalue weighted by molar-refractivity contribution is 0.187. The number of halogens is 1. The zero-order valence-electron chi connectivity index (χ0n) is 16.9. The molecule has 32 heavy (non-hydrogen) atoms. The zero-order valence-corrected chi connectivity index (χ0v) is 18.5. The van der Waals surface area contributed by atoms with E-state index in [0.29, 0.717) is 18.7 Å². The number of aliphatic hydroxyl groups excluding tert-OH is 1. The van der Waals surface area contributed by atoms with Crippen LogP contribution < -0.4 is 21.1 Å². The molecule has 13 nitrogen and oxygen atoms in total. The van der Waals surface area contributed by atoms with Gasteiger partial charge in [-0.2, -0.15) is 13.6 Å². The summed E-state index contributed by atoms with van der Waals surface area (Å²) in [7, 11) is -8.04. The fourth-order valence-corrected chi connectivity index (χ4v) is 8.37. The molecule has 0 radical (unpaired) electrons. The minimum absolute atomic E-state index is 0.000980. The van der Waals surface area contributed by atoms with Crippen molar-refractivity contribution in [1.29, 1.82) is 0 Å². The maximum atomic E-state index is 14.6. The number of H-pyrrole nitrogens is 1. The Morgan fingerprint density at radius 2 is 2.12 bits per heavy atom.